The Morgan fingerprint density at radius 3 is 2.80 bits per heavy atom. The van der Waals surface area contributed by atoms with E-state index in [2.05, 4.69) is 24.5 Å². The van der Waals surface area contributed by atoms with Gasteiger partial charge in [0.1, 0.15) is 0 Å². The molecule has 1 aliphatic rings. The van der Waals surface area contributed by atoms with E-state index >= 15 is 0 Å². The van der Waals surface area contributed by atoms with Crippen LogP contribution >= 0.6 is 0 Å². The van der Waals surface area contributed by atoms with Gasteiger partial charge in [-0.25, -0.2) is 24.3 Å². The number of halogens is 1. The molecule has 1 atom stereocenters. The van der Waals surface area contributed by atoms with Crippen LogP contribution in [0.1, 0.15) is 5.69 Å². The average Bonchev–Trinajstić information content (AvgIpc) is 2.99. The van der Waals surface area contributed by atoms with E-state index in [1.54, 1.807) is 6.20 Å². The lowest BCUT2D eigenvalue weighted by Gasteiger charge is -2.23. The van der Waals surface area contributed by atoms with Gasteiger partial charge in [-0.2, -0.15) is 0 Å². The minimum absolute atomic E-state index is 0.186. The van der Waals surface area contributed by atoms with Gasteiger partial charge < -0.3 is 14.2 Å². The number of imidazole rings is 1. The van der Waals surface area contributed by atoms with Gasteiger partial charge in [0, 0.05) is 37.5 Å². The van der Waals surface area contributed by atoms with E-state index in [9.17, 15) is 4.39 Å². The zero-order valence-electron chi connectivity index (χ0n) is 13.5. The van der Waals surface area contributed by atoms with Gasteiger partial charge in [-0.1, -0.05) is 6.07 Å². The van der Waals surface area contributed by atoms with Crippen molar-refractivity contribution in [2.75, 3.05) is 18.1 Å². The molecule has 4 rings (SSSR count). The first-order valence-corrected chi connectivity index (χ1v) is 8.03. The predicted octanol–water partition coefficient (Wildman–Crippen LogP) is 1.92. The number of aromatic nitrogens is 5. The molecule has 3 aromatic rings. The Kier molecular flexibility index (Phi) is 4.24. The van der Waals surface area contributed by atoms with Crippen LogP contribution < -0.4 is 9.64 Å². The number of fused-ring (bicyclic) bond motifs is 1. The molecular weight excluding hydrogens is 323 g/mol. The smallest absolute Gasteiger partial charge is 0.225 e. The molecule has 0 bridgehead atoms. The number of ether oxygens (including phenoxy) is 1. The van der Waals surface area contributed by atoms with Crippen LogP contribution in [0.4, 0.5) is 10.3 Å². The topological polar surface area (TPSA) is 69.0 Å². The van der Waals surface area contributed by atoms with Gasteiger partial charge in [0.15, 0.2) is 5.82 Å². The molecule has 1 aliphatic heterocycles. The molecule has 128 valence electrons. The molecule has 0 unspecified atom stereocenters. The second-order valence-electron chi connectivity index (χ2n) is 5.96. The summed E-state index contributed by atoms with van der Waals surface area (Å²) >= 11 is 0. The lowest BCUT2D eigenvalue weighted by molar-refractivity contribution is 0.229. The first kappa shape index (κ1) is 15.5. The largest absolute Gasteiger partial charge is 0.477 e. The van der Waals surface area contributed by atoms with E-state index in [-0.39, 0.29) is 5.92 Å². The summed E-state index contributed by atoms with van der Waals surface area (Å²) in [5.74, 6) is 0.839. The second kappa shape index (κ2) is 6.84. The molecule has 0 radical (unpaired) electrons. The lowest BCUT2D eigenvalue weighted by Crippen LogP contribution is -2.32. The van der Waals surface area contributed by atoms with Crippen molar-refractivity contribution < 1.29 is 9.13 Å². The molecule has 0 saturated heterocycles. The molecule has 3 aromatic heterocycles. The summed E-state index contributed by atoms with van der Waals surface area (Å²) in [7, 11) is 0. The molecule has 0 saturated carbocycles. The number of nitrogens with zero attached hydrogens (tertiary/aromatic N) is 6. The first-order valence-electron chi connectivity index (χ1n) is 8.03. The molecule has 7 nitrogen and oxygen atoms in total. The highest BCUT2D eigenvalue weighted by Crippen LogP contribution is 2.20. The van der Waals surface area contributed by atoms with Crippen LogP contribution in [0.5, 0.6) is 5.88 Å². The second-order valence-corrected chi connectivity index (χ2v) is 5.96. The van der Waals surface area contributed by atoms with E-state index in [1.165, 1.54) is 12.4 Å². The number of rotatable bonds is 4. The lowest BCUT2D eigenvalue weighted by atomic mass is 10.1. The molecule has 0 fully saturated rings. The van der Waals surface area contributed by atoms with Crippen LogP contribution in [0.25, 0.3) is 0 Å². The minimum atomic E-state index is -0.446. The third-order valence-electron chi connectivity index (χ3n) is 4.08. The zero-order valence-corrected chi connectivity index (χ0v) is 13.5. The molecular formula is C17H17FN6O. The van der Waals surface area contributed by atoms with Crippen LogP contribution in [0.2, 0.25) is 0 Å². The molecule has 8 heteroatoms. The molecule has 0 amide bonds. The van der Waals surface area contributed by atoms with E-state index < -0.39 is 5.82 Å². The monoisotopic (exact) mass is 340 g/mol. The Balaban J connectivity index is 1.53. The fraction of sp³-hybridized carbons (Fsp3) is 0.294. The number of anilines is 1. The van der Waals surface area contributed by atoms with Crippen molar-refractivity contribution in [3.63, 3.8) is 0 Å². The van der Waals surface area contributed by atoms with E-state index in [4.69, 9.17) is 4.74 Å². The van der Waals surface area contributed by atoms with Crippen molar-refractivity contribution in [1.29, 1.82) is 0 Å². The Hall–Kier alpha value is -3.03. The highest BCUT2D eigenvalue weighted by atomic mass is 19.1. The van der Waals surface area contributed by atoms with Crippen molar-refractivity contribution in [3.05, 3.63) is 60.8 Å². The molecule has 0 aromatic carbocycles. The molecule has 0 N–H and O–H groups in total. The van der Waals surface area contributed by atoms with Crippen molar-refractivity contribution in [1.82, 2.24) is 24.5 Å². The van der Waals surface area contributed by atoms with Crippen molar-refractivity contribution >= 4 is 5.95 Å². The Labute approximate surface area is 144 Å². The highest BCUT2D eigenvalue weighted by Gasteiger charge is 2.24. The van der Waals surface area contributed by atoms with Gasteiger partial charge in [-0.15, -0.1) is 0 Å². The molecule has 0 spiro atoms. The summed E-state index contributed by atoms with van der Waals surface area (Å²) in [5, 5.41) is 0. The SMILES string of the molecule is Fc1cnc(N2Cc3cncn3C[C@@H](COc3ccccn3)C2)nc1. The van der Waals surface area contributed by atoms with Gasteiger partial charge >= 0.3 is 0 Å². The summed E-state index contributed by atoms with van der Waals surface area (Å²) in [6.07, 6.45) is 7.72. The van der Waals surface area contributed by atoms with Crippen molar-refractivity contribution in [3.8, 4) is 5.88 Å². The van der Waals surface area contributed by atoms with Crippen LogP contribution in [0, 0.1) is 11.7 Å². The first-order chi connectivity index (χ1) is 12.3. The normalized spacial score (nSPS) is 17.0. The van der Waals surface area contributed by atoms with Crippen LogP contribution in [-0.2, 0) is 13.1 Å². The standard InChI is InChI=1S/C17H17FN6O/c18-14-5-21-17(22-6-14)23-8-13(9-24-12-19-7-15(24)10-23)11-25-16-3-1-2-4-20-16/h1-7,12-13H,8-11H2/t13-/m0/s1. The highest BCUT2D eigenvalue weighted by molar-refractivity contribution is 5.31. The summed E-state index contributed by atoms with van der Waals surface area (Å²) in [5.41, 5.74) is 1.06. The fourth-order valence-corrected chi connectivity index (χ4v) is 2.91. The van der Waals surface area contributed by atoms with E-state index in [1.807, 2.05) is 35.6 Å². The third-order valence-corrected chi connectivity index (χ3v) is 4.08. The number of hydrogen-bond acceptors (Lipinski definition) is 6. The van der Waals surface area contributed by atoms with Crippen molar-refractivity contribution in [2.45, 2.75) is 13.1 Å². The Morgan fingerprint density at radius 2 is 2.00 bits per heavy atom. The van der Waals surface area contributed by atoms with Gasteiger partial charge in [0.2, 0.25) is 11.8 Å². The molecule has 25 heavy (non-hydrogen) atoms. The van der Waals surface area contributed by atoms with Gasteiger partial charge in [0.05, 0.1) is 37.6 Å². The van der Waals surface area contributed by atoms with E-state index in [0.717, 1.165) is 12.2 Å². The fourth-order valence-electron chi connectivity index (χ4n) is 2.91. The van der Waals surface area contributed by atoms with Crippen LogP contribution in [0.3, 0.4) is 0 Å². The van der Waals surface area contributed by atoms with Gasteiger partial charge in [0.25, 0.3) is 0 Å². The average molecular weight is 340 g/mol. The zero-order chi connectivity index (χ0) is 17.1. The molecule has 4 heterocycles. The predicted molar refractivity (Wildman–Crippen MR) is 88.5 cm³/mol. The molecule has 0 aliphatic carbocycles. The Morgan fingerprint density at radius 1 is 1.12 bits per heavy atom. The van der Waals surface area contributed by atoms with E-state index in [0.29, 0.717) is 31.5 Å². The van der Waals surface area contributed by atoms with Crippen LogP contribution in [0.15, 0.2) is 49.3 Å². The summed E-state index contributed by atoms with van der Waals surface area (Å²) in [6.45, 7) is 2.60. The van der Waals surface area contributed by atoms with Gasteiger partial charge in [-0.05, 0) is 6.07 Å². The van der Waals surface area contributed by atoms with Crippen molar-refractivity contribution in [2.24, 2.45) is 5.92 Å². The Bertz CT molecular complexity index is 823. The summed E-state index contributed by atoms with van der Waals surface area (Å²) < 4.78 is 21.1. The summed E-state index contributed by atoms with van der Waals surface area (Å²) in [4.78, 5) is 18.7. The minimum Gasteiger partial charge on any atom is -0.477 e. The summed E-state index contributed by atoms with van der Waals surface area (Å²) in [6, 6.07) is 5.58. The number of pyridine rings is 1. The van der Waals surface area contributed by atoms with Crippen LogP contribution in [-0.4, -0.2) is 37.7 Å². The quantitative estimate of drug-likeness (QED) is 0.723. The maximum Gasteiger partial charge on any atom is 0.225 e. The maximum atomic E-state index is 13.1. The van der Waals surface area contributed by atoms with Gasteiger partial charge in [-0.3, -0.25) is 0 Å². The third kappa shape index (κ3) is 3.57. The number of hydrogen-bond donors (Lipinski definition) is 0. The maximum absolute atomic E-state index is 13.1.